The Morgan fingerprint density at radius 1 is 1.54 bits per heavy atom. The maximum absolute atomic E-state index is 12.7. The topological polar surface area (TPSA) is 63.6 Å². The molecule has 134 valence electrons. The molecule has 0 aromatic carbocycles. The van der Waals surface area contributed by atoms with Gasteiger partial charge in [-0.25, -0.2) is 0 Å². The number of hydrogen-bond acceptors (Lipinski definition) is 4. The van der Waals surface area contributed by atoms with Crippen LogP contribution in [0.2, 0.25) is 0 Å². The number of carbonyl (C=O) groups is 2. The van der Waals surface area contributed by atoms with Crippen LogP contribution in [0.3, 0.4) is 0 Å². The molecule has 4 unspecified atom stereocenters. The van der Waals surface area contributed by atoms with Crippen LogP contribution in [-0.2, 0) is 14.3 Å². The summed E-state index contributed by atoms with van der Waals surface area (Å²) in [7, 11) is 0. The van der Waals surface area contributed by atoms with Crippen LogP contribution < -0.4 is 0 Å². The van der Waals surface area contributed by atoms with Crippen molar-refractivity contribution in [3.8, 4) is 0 Å². The summed E-state index contributed by atoms with van der Waals surface area (Å²) in [6.45, 7) is 10.2. The highest BCUT2D eigenvalue weighted by Gasteiger charge is 2.51. The van der Waals surface area contributed by atoms with E-state index in [1.807, 2.05) is 26.8 Å². The summed E-state index contributed by atoms with van der Waals surface area (Å²) < 4.78 is 5.33. The minimum absolute atomic E-state index is 0.0380. The molecule has 0 amide bonds. The van der Waals surface area contributed by atoms with E-state index >= 15 is 0 Å². The summed E-state index contributed by atoms with van der Waals surface area (Å²) >= 11 is 0. The third kappa shape index (κ3) is 3.80. The quantitative estimate of drug-likeness (QED) is 0.618. The molecule has 0 saturated heterocycles. The molecule has 0 aliphatic heterocycles. The maximum atomic E-state index is 12.7. The van der Waals surface area contributed by atoms with Crippen molar-refractivity contribution in [2.75, 3.05) is 13.2 Å². The van der Waals surface area contributed by atoms with Crippen molar-refractivity contribution in [1.29, 1.82) is 0 Å². The monoisotopic (exact) mass is 334 g/mol. The number of ether oxygens (including phenoxy) is 1. The Balaban J connectivity index is 2.07. The molecule has 4 atom stereocenters. The van der Waals surface area contributed by atoms with Crippen molar-refractivity contribution in [2.24, 2.45) is 23.2 Å². The molecule has 0 spiro atoms. The van der Waals surface area contributed by atoms with Crippen LogP contribution >= 0.6 is 0 Å². The first-order valence-electron chi connectivity index (χ1n) is 8.99. The summed E-state index contributed by atoms with van der Waals surface area (Å²) in [5.74, 6) is 0.0921. The van der Waals surface area contributed by atoms with Gasteiger partial charge in [-0.1, -0.05) is 39.0 Å². The number of carbonyl (C=O) groups excluding carboxylic acids is 2. The number of esters is 1. The van der Waals surface area contributed by atoms with Gasteiger partial charge in [0.15, 0.2) is 5.78 Å². The van der Waals surface area contributed by atoms with E-state index in [0.717, 1.165) is 25.7 Å². The molecule has 0 aromatic rings. The number of hydrogen-bond donors (Lipinski definition) is 1. The van der Waals surface area contributed by atoms with Crippen molar-refractivity contribution in [3.05, 3.63) is 23.8 Å². The summed E-state index contributed by atoms with van der Waals surface area (Å²) in [6.07, 6.45) is 5.52. The van der Waals surface area contributed by atoms with Gasteiger partial charge in [-0.3, -0.25) is 9.59 Å². The zero-order valence-corrected chi connectivity index (χ0v) is 15.1. The molecule has 24 heavy (non-hydrogen) atoms. The molecule has 0 aromatic heterocycles. The summed E-state index contributed by atoms with van der Waals surface area (Å²) in [5.41, 5.74) is 1.56. The van der Waals surface area contributed by atoms with Gasteiger partial charge >= 0.3 is 5.97 Å². The number of allylic oxidation sites excluding steroid dienone is 2. The molecule has 4 heteroatoms. The molecule has 1 saturated carbocycles. The number of rotatable bonds is 5. The van der Waals surface area contributed by atoms with Crippen molar-refractivity contribution in [3.63, 3.8) is 0 Å². The van der Waals surface area contributed by atoms with Crippen molar-refractivity contribution in [1.82, 2.24) is 0 Å². The largest absolute Gasteiger partial charge is 0.460 e. The molecular weight excluding hydrogens is 304 g/mol. The lowest BCUT2D eigenvalue weighted by molar-refractivity contribution is -0.147. The summed E-state index contributed by atoms with van der Waals surface area (Å²) in [6, 6.07) is 0. The molecule has 0 bridgehead atoms. The molecule has 1 N–H and O–H groups in total. The minimum Gasteiger partial charge on any atom is -0.460 e. The van der Waals surface area contributed by atoms with E-state index in [1.165, 1.54) is 5.57 Å². The van der Waals surface area contributed by atoms with Crippen LogP contribution in [-0.4, -0.2) is 30.1 Å². The predicted octanol–water partition coefficient (Wildman–Crippen LogP) is 3.45. The van der Waals surface area contributed by atoms with E-state index in [0.29, 0.717) is 17.9 Å². The molecule has 0 heterocycles. The van der Waals surface area contributed by atoms with Gasteiger partial charge in [0.05, 0.1) is 5.92 Å². The van der Waals surface area contributed by atoms with Crippen LogP contribution in [0.5, 0.6) is 0 Å². The van der Waals surface area contributed by atoms with Gasteiger partial charge in [-0.2, -0.15) is 0 Å². The fourth-order valence-corrected chi connectivity index (χ4v) is 3.78. The van der Waals surface area contributed by atoms with E-state index in [1.54, 1.807) is 0 Å². The number of fused-ring (bicyclic) bond motifs is 1. The summed E-state index contributed by atoms with van der Waals surface area (Å²) in [5, 5.41) is 9.69. The normalized spacial score (nSPS) is 31.8. The summed E-state index contributed by atoms with van der Waals surface area (Å²) in [4.78, 5) is 24.6. The molecule has 4 nitrogen and oxygen atoms in total. The van der Waals surface area contributed by atoms with Crippen LogP contribution in [0.25, 0.3) is 0 Å². The average Bonchev–Trinajstić information content (AvgIpc) is 2.62. The first kappa shape index (κ1) is 18.9. The highest BCUT2D eigenvalue weighted by Crippen LogP contribution is 2.56. The lowest BCUT2D eigenvalue weighted by Crippen LogP contribution is -2.49. The van der Waals surface area contributed by atoms with Crippen molar-refractivity contribution < 1.29 is 19.4 Å². The zero-order chi connectivity index (χ0) is 17.9. The number of ketones is 1. The van der Waals surface area contributed by atoms with Crippen molar-refractivity contribution in [2.45, 2.75) is 52.9 Å². The van der Waals surface area contributed by atoms with E-state index in [2.05, 4.69) is 6.58 Å². The fourth-order valence-electron chi connectivity index (χ4n) is 3.78. The third-order valence-electron chi connectivity index (χ3n) is 5.96. The van der Waals surface area contributed by atoms with Gasteiger partial charge < -0.3 is 9.84 Å². The Hall–Kier alpha value is -1.42. The van der Waals surface area contributed by atoms with Gasteiger partial charge in [0.1, 0.15) is 6.61 Å². The van der Waals surface area contributed by atoms with Gasteiger partial charge in [-0.15, -0.1) is 0 Å². The Bertz CT molecular complexity index is 548. The standard InChI is InChI=1S/C20H30O4/c1-5-13(2)19(23)24-11-15-8-6-7-14(3)16-10-20(4,12-21)17(16)9-18(15)22/h8,13,16-17,21H,3,5-7,9-12H2,1-2,4H3. The minimum atomic E-state index is -0.253. The molecular formula is C20H30O4. The number of Topliss-reactive ketones (excluding diaryl/α,β-unsaturated/α-hetero) is 1. The first-order chi connectivity index (χ1) is 11.3. The van der Waals surface area contributed by atoms with E-state index < -0.39 is 0 Å². The maximum Gasteiger partial charge on any atom is 0.308 e. The lowest BCUT2D eigenvalue weighted by Gasteiger charge is -2.53. The zero-order valence-electron chi connectivity index (χ0n) is 15.1. The van der Waals surface area contributed by atoms with Gasteiger partial charge in [0, 0.05) is 18.6 Å². The van der Waals surface area contributed by atoms with Crippen LogP contribution in [0.15, 0.2) is 23.8 Å². The molecule has 2 aliphatic carbocycles. The average molecular weight is 334 g/mol. The second-order valence-corrected chi connectivity index (χ2v) is 7.70. The SMILES string of the molecule is C=C1CCC=C(COC(=O)C(C)CC)C(=O)CC2C1CC2(C)CO. The number of aliphatic hydroxyl groups is 1. The second kappa shape index (κ2) is 7.64. The molecule has 2 aliphatic rings. The molecule has 2 rings (SSSR count). The van der Waals surface area contributed by atoms with Crippen LogP contribution in [0, 0.1) is 23.2 Å². The van der Waals surface area contributed by atoms with E-state index in [-0.39, 0.29) is 42.2 Å². The second-order valence-electron chi connectivity index (χ2n) is 7.70. The fraction of sp³-hybridized carbons (Fsp3) is 0.700. The van der Waals surface area contributed by atoms with E-state index in [9.17, 15) is 14.7 Å². The molecule has 0 radical (unpaired) electrons. The first-order valence-corrected chi connectivity index (χ1v) is 8.99. The van der Waals surface area contributed by atoms with Gasteiger partial charge in [0.25, 0.3) is 0 Å². The van der Waals surface area contributed by atoms with Gasteiger partial charge in [0.2, 0.25) is 0 Å². The van der Waals surface area contributed by atoms with Crippen molar-refractivity contribution >= 4 is 11.8 Å². The lowest BCUT2D eigenvalue weighted by atomic mass is 9.51. The Morgan fingerprint density at radius 2 is 2.25 bits per heavy atom. The smallest absolute Gasteiger partial charge is 0.308 e. The number of aliphatic hydroxyl groups excluding tert-OH is 1. The highest BCUT2D eigenvalue weighted by molar-refractivity contribution is 5.96. The third-order valence-corrected chi connectivity index (χ3v) is 5.96. The predicted molar refractivity (Wildman–Crippen MR) is 93.3 cm³/mol. The molecule has 1 fully saturated rings. The van der Waals surface area contributed by atoms with Crippen LogP contribution in [0.4, 0.5) is 0 Å². The van der Waals surface area contributed by atoms with Gasteiger partial charge in [-0.05, 0) is 42.9 Å². The highest BCUT2D eigenvalue weighted by atomic mass is 16.5. The Morgan fingerprint density at radius 3 is 2.88 bits per heavy atom. The Kier molecular flexibility index (Phi) is 6.02. The van der Waals surface area contributed by atoms with E-state index in [4.69, 9.17) is 4.74 Å². The Labute approximate surface area is 145 Å². The van der Waals surface area contributed by atoms with Crippen LogP contribution in [0.1, 0.15) is 52.9 Å².